The van der Waals surface area contributed by atoms with E-state index in [2.05, 4.69) is 11.4 Å². The topological polar surface area (TPSA) is 75.6 Å². The van der Waals surface area contributed by atoms with Crippen molar-refractivity contribution < 1.29 is 19.4 Å². The molecule has 0 radical (unpaired) electrons. The number of phenolic OH excluding ortho intramolecular Hbond substituents is 1. The normalized spacial score (nSPS) is 16.1. The molecule has 0 bridgehead atoms. The standard InChI is InChI=1S/C19H19NO4/c21-15-8-3-7-14(11-15)19(23)24-12-18(22)20-17-10-4-6-13-5-1-2-9-16(13)17/h1-3,5,7-9,11,17,21H,4,6,10,12H2,(H,20,22)/t17-/m0/s1. The number of hydrogen-bond donors (Lipinski definition) is 2. The summed E-state index contributed by atoms with van der Waals surface area (Å²) in [6.45, 7) is -0.340. The third-order valence-corrected chi connectivity index (χ3v) is 4.12. The predicted molar refractivity (Wildman–Crippen MR) is 88.7 cm³/mol. The minimum Gasteiger partial charge on any atom is -0.508 e. The molecule has 2 aromatic rings. The highest BCUT2D eigenvalue weighted by molar-refractivity contribution is 5.91. The molecule has 2 aromatic carbocycles. The molecule has 2 N–H and O–H groups in total. The molecule has 0 aliphatic heterocycles. The molecule has 124 valence electrons. The van der Waals surface area contributed by atoms with Crippen LogP contribution in [-0.2, 0) is 16.0 Å². The van der Waals surface area contributed by atoms with Crippen LogP contribution >= 0.6 is 0 Å². The zero-order chi connectivity index (χ0) is 16.9. The molecule has 1 aliphatic carbocycles. The molecular formula is C19H19NO4. The van der Waals surface area contributed by atoms with Gasteiger partial charge in [0.25, 0.3) is 5.91 Å². The Morgan fingerprint density at radius 2 is 2.00 bits per heavy atom. The van der Waals surface area contributed by atoms with E-state index in [1.165, 1.54) is 23.8 Å². The number of carbonyl (C=O) groups excluding carboxylic acids is 2. The summed E-state index contributed by atoms with van der Waals surface area (Å²) in [5.41, 5.74) is 2.60. The van der Waals surface area contributed by atoms with Crippen LogP contribution in [0.5, 0.6) is 5.75 Å². The molecule has 0 saturated carbocycles. The van der Waals surface area contributed by atoms with E-state index in [-0.39, 0.29) is 29.9 Å². The van der Waals surface area contributed by atoms with Crippen molar-refractivity contribution in [2.75, 3.05) is 6.61 Å². The Morgan fingerprint density at radius 3 is 2.83 bits per heavy atom. The number of ether oxygens (including phenoxy) is 1. The van der Waals surface area contributed by atoms with E-state index in [4.69, 9.17) is 4.74 Å². The van der Waals surface area contributed by atoms with E-state index in [1.54, 1.807) is 6.07 Å². The van der Waals surface area contributed by atoms with Gasteiger partial charge in [0, 0.05) is 0 Å². The number of phenols is 1. The first kappa shape index (κ1) is 16.1. The van der Waals surface area contributed by atoms with Gasteiger partial charge in [-0.2, -0.15) is 0 Å². The second kappa shape index (κ2) is 7.17. The molecule has 0 fully saturated rings. The van der Waals surface area contributed by atoms with Gasteiger partial charge in [-0.3, -0.25) is 4.79 Å². The number of carbonyl (C=O) groups is 2. The van der Waals surface area contributed by atoms with Crippen molar-refractivity contribution >= 4 is 11.9 Å². The Hall–Kier alpha value is -2.82. The monoisotopic (exact) mass is 325 g/mol. The SMILES string of the molecule is O=C(COC(=O)c1cccc(O)c1)N[C@H]1CCCc2ccccc21. The molecule has 5 nitrogen and oxygen atoms in total. The number of amides is 1. The Morgan fingerprint density at radius 1 is 1.17 bits per heavy atom. The number of fused-ring (bicyclic) bond motifs is 1. The number of aromatic hydroxyl groups is 1. The fourth-order valence-electron chi connectivity index (χ4n) is 2.99. The van der Waals surface area contributed by atoms with Crippen LogP contribution in [0.1, 0.15) is 40.4 Å². The first-order valence-electron chi connectivity index (χ1n) is 7.97. The van der Waals surface area contributed by atoms with Gasteiger partial charge in [0.05, 0.1) is 11.6 Å². The van der Waals surface area contributed by atoms with E-state index in [0.29, 0.717) is 0 Å². The second-order valence-corrected chi connectivity index (χ2v) is 5.84. The molecule has 0 aromatic heterocycles. The van der Waals surface area contributed by atoms with Gasteiger partial charge in [0.15, 0.2) is 6.61 Å². The Bertz CT molecular complexity index is 757. The van der Waals surface area contributed by atoms with Gasteiger partial charge in [0.1, 0.15) is 5.75 Å². The number of benzene rings is 2. The lowest BCUT2D eigenvalue weighted by Crippen LogP contribution is -2.34. The highest BCUT2D eigenvalue weighted by atomic mass is 16.5. The lowest BCUT2D eigenvalue weighted by molar-refractivity contribution is -0.125. The van der Waals surface area contributed by atoms with Gasteiger partial charge in [0.2, 0.25) is 0 Å². The smallest absolute Gasteiger partial charge is 0.338 e. The maximum Gasteiger partial charge on any atom is 0.338 e. The van der Waals surface area contributed by atoms with Crippen LogP contribution in [0.3, 0.4) is 0 Å². The number of aryl methyl sites for hydroxylation is 1. The van der Waals surface area contributed by atoms with Crippen LogP contribution < -0.4 is 5.32 Å². The van der Waals surface area contributed by atoms with E-state index < -0.39 is 5.97 Å². The van der Waals surface area contributed by atoms with Crippen molar-refractivity contribution in [1.29, 1.82) is 0 Å². The molecule has 1 amide bonds. The van der Waals surface area contributed by atoms with Crippen LogP contribution in [-0.4, -0.2) is 23.6 Å². The van der Waals surface area contributed by atoms with E-state index in [1.807, 2.05) is 18.2 Å². The second-order valence-electron chi connectivity index (χ2n) is 5.84. The fourth-order valence-corrected chi connectivity index (χ4v) is 2.99. The fraction of sp³-hybridized carbons (Fsp3) is 0.263. The molecule has 1 atom stereocenters. The van der Waals surface area contributed by atoms with Crippen molar-refractivity contribution in [2.45, 2.75) is 25.3 Å². The predicted octanol–water partition coefficient (Wildman–Crippen LogP) is 2.74. The third kappa shape index (κ3) is 3.74. The van der Waals surface area contributed by atoms with Crippen LogP contribution in [0, 0.1) is 0 Å². The Labute approximate surface area is 140 Å². The quantitative estimate of drug-likeness (QED) is 0.848. The summed E-state index contributed by atoms with van der Waals surface area (Å²) >= 11 is 0. The summed E-state index contributed by atoms with van der Waals surface area (Å²) in [5.74, 6) is -0.983. The van der Waals surface area contributed by atoms with E-state index >= 15 is 0 Å². The minimum absolute atomic E-state index is 0.0206. The van der Waals surface area contributed by atoms with Crippen LogP contribution in [0.4, 0.5) is 0 Å². The molecule has 0 unspecified atom stereocenters. The number of esters is 1. The number of rotatable bonds is 4. The summed E-state index contributed by atoms with van der Waals surface area (Å²) in [5, 5.41) is 12.3. The number of hydrogen-bond acceptors (Lipinski definition) is 4. The van der Waals surface area contributed by atoms with Crippen molar-refractivity contribution in [2.24, 2.45) is 0 Å². The molecule has 0 saturated heterocycles. The Kier molecular flexibility index (Phi) is 4.79. The lowest BCUT2D eigenvalue weighted by Gasteiger charge is -2.26. The van der Waals surface area contributed by atoms with Gasteiger partial charge in [-0.05, 0) is 48.6 Å². The molecule has 24 heavy (non-hydrogen) atoms. The molecule has 5 heteroatoms. The van der Waals surface area contributed by atoms with Crippen molar-refractivity contribution in [3.8, 4) is 5.75 Å². The maximum absolute atomic E-state index is 12.1. The summed E-state index contributed by atoms with van der Waals surface area (Å²) in [4.78, 5) is 24.0. The van der Waals surface area contributed by atoms with Gasteiger partial charge >= 0.3 is 5.97 Å². The van der Waals surface area contributed by atoms with Crippen molar-refractivity contribution in [3.05, 3.63) is 65.2 Å². The minimum atomic E-state index is -0.634. The molecule has 0 heterocycles. The van der Waals surface area contributed by atoms with Gasteiger partial charge in [-0.25, -0.2) is 4.79 Å². The summed E-state index contributed by atoms with van der Waals surface area (Å²) in [7, 11) is 0. The maximum atomic E-state index is 12.1. The zero-order valence-electron chi connectivity index (χ0n) is 13.2. The van der Waals surface area contributed by atoms with Crippen LogP contribution in [0.2, 0.25) is 0 Å². The average molecular weight is 325 g/mol. The molecule has 3 rings (SSSR count). The van der Waals surface area contributed by atoms with E-state index in [0.717, 1.165) is 24.8 Å². The lowest BCUT2D eigenvalue weighted by atomic mass is 9.88. The summed E-state index contributed by atoms with van der Waals surface area (Å²) in [6, 6.07) is 13.9. The van der Waals surface area contributed by atoms with Crippen LogP contribution in [0.25, 0.3) is 0 Å². The van der Waals surface area contributed by atoms with Gasteiger partial charge < -0.3 is 15.2 Å². The van der Waals surface area contributed by atoms with Crippen molar-refractivity contribution in [1.82, 2.24) is 5.32 Å². The molecular weight excluding hydrogens is 306 g/mol. The van der Waals surface area contributed by atoms with Crippen molar-refractivity contribution in [3.63, 3.8) is 0 Å². The first-order valence-corrected chi connectivity index (χ1v) is 7.97. The largest absolute Gasteiger partial charge is 0.508 e. The van der Waals surface area contributed by atoms with Gasteiger partial charge in [-0.15, -0.1) is 0 Å². The average Bonchev–Trinajstić information content (AvgIpc) is 2.60. The summed E-state index contributed by atoms with van der Waals surface area (Å²) in [6.07, 6.45) is 2.92. The zero-order valence-corrected chi connectivity index (χ0v) is 13.2. The van der Waals surface area contributed by atoms with E-state index in [9.17, 15) is 14.7 Å². The Balaban J connectivity index is 1.56. The first-order chi connectivity index (χ1) is 11.6. The summed E-state index contributed by atoms with van der Waals surface area (Å²) < 4.78 is 5.01. The highest BCUT2D eigenvalue weighted by Crippen LogP contribution is 2.29. The number of nitrogens with one attached hydrogen (secondary N) is 1. The third-order valence-electron chi connectivity index (χ3n) is 4.12. The van der Waals surface area contributed by atoms with Crippen LogP contribution in [0.15, 0.2) is 48.5 Å². The molecule has 0 spiro atoms. The highest BCUT2D eigenvalue weighted by Gasteiger charge is 2.21. The van der Waals surface area contributed by atoms with Gasteiger partial charge in [-0.1, -0.05) is 30.3 Å². The molecule has 1 aliphatic rings.